The maximum Gasteiger partial charge on any atom is 0.306 e. The lowest BCUT2D eigenvalue weighted by molar-refractivity contribution is -0.167. The van der Waals surface area contributed by atoms with Gasteiger partial charge in [0.2, 0.25) is 0 Å². The van der Waals surface area contributed by atoms with Gasteiger partial charge in [-0.25, -0.2) is 0 Å². The molecule has 6 nitrogen and oxygen atoms in total. The molecule has 0 aliphatic heterocycles. The van der Waals surface area contributed by atoms with Gasteiger partial charge >= 0.3 is 17.9 Å². The van der Waals surface area contributed by atoms with E-state index in [4.69, 9.17) is 14.2 Å². The Labute approximate surface area is 443 Å². The summed E-state index contributed by atoms with van der Waals surface area (Å²) in [6.07, 6.45) is 71.9. The molecule has 0 bridgehead atoms. The average Bonchev–Trinajstić information content (AvgIpc) is 3.37. The highest BCUT2D eigenvalue weighted by atomic mass is 16.6. The molecular formula is C65H122O6. The molecule has 6 heteroatoms. The SMILES string of the molecule is CCCCCCC/C=C\C/C=C\CCCCCCCCCCCCCC(=O)OCC(COC(=O)CCCCCCCCCCCC)OC(=O)CCCCCCCCCCCCCCCCCCCCCC. The summed E-state index contributed by atoms with van der Waals surface area (Å²) in [5.74, 6) is -0.843. The van der Waals surface area contributed by atoms with Crippen molar-refractivity contribution in [3.63, 3.8) is 0 Å². The monoisotopic (exact) mass is 999 g/mol. The third-order valence-electron chi connectivity index (χ3n) is 14.5. The highest BCUT2D eigenvalue weighted by Gasteiger charge is 2.19. The minimum Gasteiger partial charge on any atom is -0.462 e. The van der Waals surface area contributed by atoms with Crippen LogP contribution in [0.5, 0.6) is 0 Å². The maximum atomic E-state index is 12.9. The first-order valence-corrected chi connectivity index (χ1v) is 31.8. The van der Waals surface area contributed by atoms with E-state index < -0.39 is 6.10 Å². The van der Waals surface area contributed by atoms with E-state index in [1.54, 1.807) is 0 Å². The van der Waals surface area contributed by atoms with Gasteiger partial charge in [0.25, 0.3) is 0 Å². The zero-order chi connectivity index (χ0) is 51.4. The molecule has 0 rings (SSSR count). The third-order valence-corrected chi connectivity index (χ3v) is 14.5. The minimum atomic E-state index is -0.767. The molecule has 1 atom stereocenters. The molecule has 0 aromatic rings. The molecule has 0 aliphatic carbocycles. The number of carbonyl (C=O) groups is 3. The highest BCUT2D eigenvalue weighted by Crippen LogP contribution is 2.18. The standard InChI is InChI=1S/C65H122O6/c1-4-7-10-13-16-19-22-24-26-28-30-32-33-34-36-37-39-41-43-46-49-52-55-58-64(67)70-61-62(60-69-63(66)57-54-51-48-45-21-18-15-12-9-6-3)71-65(68)59-56-53-50-47-44-42-40-38-35-31-29-27-25-23-20-17-14-11-8-5-2/h22,24,28,30,62H,4-21,23,25-27,29,31-61H2,1-3H3/b24-22-,30-28-. The van der Waals surface area contributed by atoms with Crippen LogP contribution in [0.4, 0.5) is 0 Å². The van der Waals surface area contributed by atoms with Crippen LogP contribution in [0.25, 0.3) is 0 Å². The van der Waals surface area contributed by atoms with Gasteiger partial charge in [0, 0.05) is 19.3 Å². The number of allylic oxidation sites excluding steroid dienone is 4. The molecule has 71 heavy (non-hydrogen) atoms. The smallest absolute Gasteiger partial charge is 0.306 e. The molecule has 0 aromatic carbocycles. The first-order valence-electron chi connectivity index (χ1n) is 31.8. The summed E-state index contributed by atoms with van der Waals surface area (Å²) in [6, 6.07) is 0. The van der Waals surface area contributed by atoms with Crippen LogP contribution < -0.4 is 0 Å². The van der Waals surface area contributed by atoms with Crippen molar-refractivity contribution in [1.82, 2.24) is 0 Å². The summed E-state index contributed by atoms with van der Waals surface area (Å²) in [5.41, 5.74) is 0. The number of esters is 3. The summed E-state index contributed by atoms with van der Waals surface area (Å²) in [5, 5.41) is 0. The van der Waals surface area contributed by atoms with Crippen LogP contribution in [0.1, 0.15) is 355 Å². The number of hydrogen-bond acceptors (Lipinski definition) is 6. The zero-order valence-electron chi connectivity index (χ0n) is 48.0. The van der Waals surface area contributed by atoms with Crippen molar-refractivity contribution in [2.45, 2.75) is 361 Å². The van der Waals surface area contributed by atoms with Gasteiger partial charge in [0.1, 0.15) is 13.2 Å². The quantitative estimate of drug-likeness (QED) is 0.0261. The lowest BCUT2D eigenvalue weighted by Gasteiger charge is -2.18. The predicted octanol–water partition coefficient (Wildman–Crippen LogP) is 21.4. The number of carbonyl (C=O) groups excluding carboxylic acids is 3. The van der Waals surface area contributed by atoms with Gasteiger partial charge in [-0.2, -0.15) is 0 Å². The van der Waals surface area contributed by atoms with Crippen LogP contribution in [0.3, 0.4) is 0 Å². The molecule has 0 amide bonds. The topological polar surface area (TPSA) is 78.9 Å². The Balaban J connectivity index is 4.20. The molecule has 1 unspecified atom stereocenters. The average molecular weight is 1000 g/mol. The zero-order valence-corrected chi connectivity index (χ0v) is 48.0. The van der Waals surface area contributed by atoms with E-state index in [9.17, 15) is 14.4 Å². The van der Waals surface area contributed by atoms with E-state index in [-0.39, 0.29) is 31.1 Å². The number of hydrogen-bond donors (Lipinski definition) is 0. The third kappa shape index (κ3) is 58.7. The van der Waals surface area contributed by atoms with Crippen molar-refractivity contribution in [2.75, 3.05) is 13.2 Å². The summed E-state index contributed by atoms with van der Waals surface area (Å²) >= 11 is 0. The van der Waals surface area contributed by atoms with Crippen LogP contribution in [-0.2, 0) is 28.6 Å². The molecule has 0 fully saturated rings. The van der Waals surface area contributed by atoms with Gasteiger partial charge in [-0.1, -0.05) is 308 Å². The number of ether oxygens (including phenoxy) is 3. The Morgan fingerprint density at radius 3 is 0.775 bits per heavy atom. The molecule has 0 N–H and O–H groups in total. The Morgan fingerprint density at radius 2 is 0.507 bits per heavy atom. The van der Waals surface area contributed by atoms with E-state index >= 15 is 0 Å². The molecule has 0 saturated heterocycles. The van der Waals surface area contributed by atoms with Crippen LogP contribution >= 0.6 is 0 Å². The molecule has 418 valence electrons. The second-order valence-corrected chi connectivity index (χ2v) is 21.7. The summed E-state index contributed by atoms with van der Waals surface area (Å²) in [4.78, 5) is 38.2. The minimum absolute atomic E-state index is 0.0658. The van der Waals surface area contributed by atoms with Crippen molar-refractivity contribution < 1.29 is 28.6 Å². The molecule has 0 aromatic heterocycles. The van der Waals surface area contributed by atoms with E-state index in [1.165, 1.54) is 250 Å². The number of unbranched alkanes of at least 4 members (excludes halogenated alkanes) is 44. The number of rotatable bonds is 59. The van der Waals surface area contributed by atoms with E-state index in [0.717, 1.165) is 64.2 Å². The first-order chi connectivity index (χ1) is 35.0. The molecule has 0 radical (unpaired) electrons. The van der Waals surface area contributed by atoms with Crippen LogP contribution in [0, 0.1) is 0 Å². The second kappa shape index (κ2) is 60.4. The normalized spacial score (nSPS) is 12.1. The molecule has 0 spiro atoms. The fourth-order valence-electron chi connectivity index (χ4n) is 9.65. The Morgan fingerprint density at radius 1 is 0.282 bits per heavy atom. The Bertz CT molecular complexity index is 1150. The van der Waals surface area contributed by atoms with Crippen LogP contribution in [0.15, 0.2) is 24.3 Å². The summed E-state index contributed by atoms with van der Waals surface area (Å²) in [7, 11) is 0. The highest BCUT2D eigenvalue weighted by molar-refractivity contribution is 5.71. The van der Waals surface area contributed by atoms with Crippen LogP contribution in [-0.4, -0.2) is 37.2 Å². The van der Waals surface area contributed by atoms with Crippen LogP contribution in [0.2, 0.25) is 0 Å². The lowest BCUT2D eigenvalue weighted by Crippen LogP contribution is -2.30. The summed E-state index contributed by atoms with van der Waals surface area (Å²) < 4.78 is 16.9. The van der Waals surface area contributed by atoms with Crippen molar-refractivity contribution >= 4 is 17.9 Å². The molecular weight excluding hydrogens is 877 g/mol. The van der Waals surface area contributed by atoms with Gasteiger partial charge < -0.3 is 14.2 Å². The van der Waals surface area contributed by atoms with Crippen molar-refractivity contribution in [2.24, 2.45) is 0 Å². The second-order valence-electron chi connectivity index (χ2n) is 21.7. The van der Waals surface area contributed by atoms with Crippen molar-refractivity contribution in [3.8, 4) is 0 Å². The lowest BCUT2D eigenvalue weighted by atomic mass is 10.0. The van der Waals surface area contributed by atoms with Crippen molar-refractivity contribution in [3.05, 3.63) is 24.3 Å². The fourth-order valence-corrected chi connectivity index (χ4v) is 9.65. The van der Waals surface area contributed by atoms with E-state index in [0.29, 0.717) is 19.3 Å². The van der Waals surface area contributed by atoms with E-state index in [1.807, 2.05) is 0 Å². The first kappa shape index (κ1) is 68.9. The maximum absolute atomic E-state index is 12.9. The predicted molar refractivity (Wildman–Crippen MR) is 307 cm³/mol. The largest absolute Gasteiger partial charge is 0.462 e. The van der Waals surface area contributed by atoms with Gasteiger partial charge in [-0.3, -0.25) is 14.4 Å². The Kier molecular flexibility index (Phi) is 58.6. The van der Waals surface area contributed by atoms with Gasteiger partial charge in [-0.05, 0) is 51.4 Å². The fraction of sp³-hybridized carbons (Fsp3) is 0.892. The van der Waals surface area contributed by atoms with Gasteiger partial charge in [0.15, 0.2) is 6.10 Å². The van der Waals surface area contributed by atoms with Crippen molar-refractivity contribution in [1.29, 1.82) is 0 Å². The molecule has 0 heterocycles. The molecule has 0 aliphatic rings. The van der Waals surface area contributed by atoms with Gasteiger partial charge in [-0.15, -0.1) is 0 Å². The Hall–Kier alpha value is -2.11. The van der Waals surface area contributed by atoms with Gasteiger partial charge in [0.05, 0.1) is 0 Å². The summed E-state index contributed by atoms with van der Waals surface area (Å²) in [6.45, 7) is 6.68. The van der Waals surface area contributed by atoms with E-state index in [2.05, 4.69) is 45.1 Å². The molecule has 0 saturated carbocycles.